The second-order valence-electron chi connectivity index (χ2n) is 7.61. The Balaban J connectivity index is 1.64. The van der Waals surface area contributed by atoms with Gasteiger partial charge in [0, 0.05) is 20.1 Å². The Morgan fingerprint density at radius 2 is 2.09 bits per heavy atom. The summed E-state index contributed by atoms with van der Waals surface area (Å²) in [6, 6.07) is 14.8. The average Bonchev–Trinajstić information content (AvgIpc) is 3.32. The third kappa shape index (κ3) is 4.69. The van der Waals surface area contributed by atoms with Crippen LogP contribution < -0.4 is 16.2 Å². The maximum Gasteiger partial charge on any atom is 0.304 e. The van der Waals surface area contributed by atoms with Crippen LogP contribution in [0.3, 0.4) is 0 Å². The van der Waals surface area contributed by atoms with Crippen molar-refractivity contribution in [1.82, 2.24) is 20.2 Å². The highest BCUT2D eigenvalue weighted by molar-refractivity contribution is 5.82. The van der Waals surface area contributed by atoms with Crippen molar-refractivity contribution >= 4 is 28.9 Å². The number of fused-ring (bicyclic) bond motifs is 1. The monoisotopic (exact) mass is 431 g/mol. The van der Waals surface area contributed by atoms with E-state index >= 15 is 0 Å². The molecule has 0 bridgehead atoms. The molecule has 3 aromatic rings. The predicted octanol–water partition coefficient (Wildman–Crippen LogP) is 2.10. The molecule has 8 nitrogen and oxygen atoms in total. The molecule has 0 saturated heterocycles. The van der Waals surface area contributed by atoms with Crippen LogP contribution in [-0.4, -0.2) is 46.2 Å². The van der Waals surface area contributed by atoms with Gasteiger partial charge >= 0.3 is 5.97 Å². The average molecular weight is 431 g/mol. The lowest BCUT2D eigenvalue weighted by molar-refractivity contribution is -0.137. The molecule has 0 unspecified atom stereocenters. The second kappa shape index (κ2) is 9.47. The molecule has 1 aromatic heterocycles. The Morgan fingerprint density at radius 3 is 2.81 bits per heavy atom. The first kappa shape index (κ1) is 21.3. The molecule has 8 heteroatoms. The molecule has 164 valence electrons. The summed E-state index contributed by atoms with van der Waals surface area (Å²) in [6.45, 7) is 2.26. The summed E-state index contributed by atoms with van der Waals surface area (Å²) in [7, 11) is 1.64. The Labute approximate surface area is 185 Å². The number of aromatic nitrogens is 2. The number of nitrogens with zero attached hydrogens (tertiary/aromatic N) is 3. The van der Waals surface area contributed by atoms with Gasteiger partial charge in [-0.2, -0.15) is 0 Å². The molecule has 1 aliphatic rings. The van der Waals surface area contributed by atoms with Crippen LogP contribution in [0.5, 0.6) is 0 Å². The largest absolute Gasteiger partial charge is 0.481 e. The molecule has 3 N–H and O–H groups in total. The van der Waals surface area contributed by atoms with Crippen LogP contribution in [0, 0.1) is 0 Å². The number of benzene rings is 2. The number of carboxylic acid groups (broad SMARTS) is 1. The number of carboxylic acids is 1. The zero-order valence-electron chi connectivity index (χ0n) is 17.8. The molecule has 0 amide bonds. The summed E-state index contributed by atoms with van der Waals surface area (Å²) in [5.74, 6) is -0.226. The Morgan fingerprint density at radius 1 is 1.28 bits per heavy atom. The maximum atomic E-state index is 13.1. The highest BCUT2D eigenvalue weighted by Gasteiger charge is 2.23. The standard InChI is InChI=1S/C24H25N5O3/c1-29-22(18(15-21(30)31)17-7-3-2-4-8-17)28-20-10-9-16(14-19(20)23(29)32)6-5-11-25-24-26-12-13-27-24/h2-10,14,18H,11-13,15H2,1H3,(H,30,31)(H2,25,26,27)/b6-5+/t18-/m1/s1. The fraction of sp³-hybridized carbons (Fsp3) is 0.250. The molecular weight excluding hydrogens is 406 g/mol. The van der Waals surface area contributed by atoms with Crippen molar-refractivity contribution in [2.45, 2.75) is 12.3 Å². The van der Waals surface area contributed by atoms with Gasteiger partial charge in [0.2, 0.25) is 0 Å². The molecule has 0 aliphatic carbocycles. The van der Waals surface area contributed by atoms with E-state index in [0.29, 0.717) is 23.3 Å². The lowest BCUT2D eigenvalue weighted by Crippen LogP contribution is -2.33. The fourth-order valence-corrected chi connectivity index (χ4v) is 3.81. The van der Waals surface area contributed by atoms with Gasteiger partial charge in [0.05, 0.1) is 29.8 Å². The van der Waals surface area contributed by atoms with Gasteiger partial charge in [0.1, 0.15) is 5.82 Å². The van der Waals surface area contributed by atoms with Crippen LogP contribution in [0.1, 0.15) is 29.3 Å². The molecular formula is C24H25N5O3. The van der Waals surface area contributed by atoms with Crippen LogP contribution in [0.25, 0.3) is 17.0 Å². The minimum Gasteiger partial charge on any atom is -0.481 e. The van der Waals surface area contributed by atoms with Crippen LogP contribution in [0.15, 0.2) is 64.4 Å². The molecule has 2 heterocycles. The van der Waals surface area contributed by atoms with Crippen molar-refractivity contribution in [3.63, 3.8) is 0 Å². The summed E-state index contributed by atoms with van der Waals surface area (Å²) in [5.41, 5.74) is 2.05. The van der Waals surface area contributed by atoms with E-state index in [0.717, 1.165) is 30.2 Å². The van der Waals surface area contributed by atoms with E-state index < -0.39 is 11.9 Å². The van der Waals surface area contributed by atoms with Crippen LogP contribution >= 0.6 is 0 Å². The van der Waals surface area contributed by atoms with Gasteiger partial charge in [-0.1, -0.05) is 48.6 Å². The Kier molecular flexibility index (Phi) is 6.30. The summed E-state index contributed by atoms with van der Waals surface area (Å²) in [4.78, 5) is 33.6. The van der Waals surface area contributed by atoms with Crippen molar-refractivity contribution in [1.29, 1.82) is 0 Å². The van der Waals surface area contributed by atoms with Crippen molar-refractivity contribution < 1.29 is 9.90 Å². The highest BCUT2D eigenvalue weighted by atomic mass is 16.4. The van der Waals surface area contributed by atoms with Crippen molar-refractivity contribution in [3.05, 3.63) is 81.9 Å². The van der Waals surface area contributed by atoms with Crippen LogP contribution in [0.4, 0.5) is 0 Å². The number of hydrogen-bond acceptors (Lipinski definition) is 6. The summed E-state index contributed by atoms with van der Waals surface area (Å²) in [5, 5.41) is 16.3. The Bertz CT molecular complexity index is 1250. The molecule has 1 aliphatic heterocycles. The van der Waals surface area contributed by atoms with Crippen molar-refractivity contribution in [3.8, 4) is 0 Å². The molecule has 0 radical (unpaired) electrons. The lowest BCUT2D eigenvalue weighted by Gasteiger charge is -2.18. The normalized spacial score (nSPS) is 14.3. The van der Waals surface area contributed by atoms with Gasteiger partial charge in [-0.15, -0.1) is 0 Å². The minimum absolute atomic E-state index is 0.149. The molecule has 1 atom stereocenters. The van der Waals surface area contributed by atoms with E-state index in [-0.39, 0.29) is 12.0 Å². The first-order valence-electron chi connectivity index (χ1n) is 10.5. The third-order valence-corrected chi connectivity index (χ3v) is 5.40. The smallest absolute Gasteiger partial charge is 0.304 e. The summed E-state index contributed by atoms with van der Waals surface area (Å²) >= 11 is 0. The van der Waals surface area contributed by atoms with Crippen molar-refractivity contribution in [2.24, 2.45) is 12.0 Å². The number of aliphatic imine (C=N–C) groups is 1. The molecule has 0 fully saturated rings. The van der Waals surface area contributed by atoms with E-state index in [1.807, 2.05) is 54.6 Å². The third-order valence-electron chi connectivity index (χ3n) is 5.40. The molecule has 0 spiro atoms. The molecule has 0 saturated carbocycles. The second-order valence-corrected chi connectivity index (χ2v) is 7.61. The molecule has 2 aromatic carbocycles. The first-order chi connectivity index (χ1) is 15.5. The van der Waals surface area contributed by atoms with E-state index in [1.54, 1.807) is 13.1 Å². The molecule has 4 rings (SSSR count). The number of rotatable bonds is 7. The number of guanidine groups is 1. The topological polar surface area (TPSA) is 109 Å². The summed E-state index contributed by atoms with van der Waals surface area (Å²) in [6.07, 6.45) is 3.75. The highest BCUT2D eigenvalue weighted by Crippen LogP contribution is 2.27. The fourth-order valence-electron chi connectivity index (χ4n) is 3.81. The Hall–Kier alpha value is -3.94. The number of carbonyl (C=O) groups is 1. The summed E-state index contributed by atoms with van der Waals surface area (Å²) < 4.78 is 1.46. The van der Waals surface area contributed by atoms with Crippen molar-refractivity contribution in [2.75, 3.05) is 19.6 Å². The number of nitrogens with one attached hydrogen (secondary N) is 2. The van der Waals surface area contributed by atoms with Crippen LogP contribution in [0.2, 0.25) is 0 Å². The lowest BCUT2D eigenvalue weighted by atomic mass is 9.94. The van der Waals surface area contributed by atoms with Gasteiger partial charge in [-0.05, 0) is 23.3 Å². The minimum atomic E-state index is -0.943. The maximum absolute atomic E-state index is 13.1. The van der Waals surface area contributed by atoms with Gasteiger partial charge < -0.3 is 15.7 Å². The van der Waals surface area contributed by atoms with E-state index in [2.05, 4.69) is 15.6 Å². The SMILES string of the molecule is Cn1c([C@H](CC(=O)O)c2ccccc2)nc2ccc(/C=C/CNC3=NCCN3)cc2c1=O. The number of hydrogen-bond donors (Lipinski definition) is 3. The first-order valence-corrected chi connectivity index (χ1v) is 10.5. The zero-order valence-corrected chi connectivity index (χ0v) is 17.8. The van der Waals surface area contributed by atoms with E-state index in [9.17, 15) is 14.7 Å². The van der Waals surface area contributed by atoms with Gasteiger partial charge in [-0.3, -0.25) is 19.1 Å². The van der Waals surface area contributed by atoms with Crippen LogP contribution in [-0.2, 0) is 11.8 Å². The van der Waals surface area contributed by atoms with Gasteiger partial charge in [0.15, 0.2) is 5.96 Å². The quantitative estimate of drug-likeness (QED) is 0.529. The van der Waals surface area contributed by atoms with Gasteiger partial charge in [0.25, 0.3) is 5.56 Å². The predicted molar refractivity (Wildman–Crippen MR) is 125 cm³/mol. The van der Waals surface area contributed by atoms with E-state index in [4.69, 9.17) is 4.98 Å². The molecule has 32 heavy (non-hydrogen) atoms. The zero-order chi connectivity index (χ0) is 22.5. The van der Waals surface area contributed by atoms with Gasteiger partial charge in [-0.25, -0.2) is 4.98 Å². The van der Waals surface area contributed by atoms with E-state index in [1.165, 1.54) is 4.57 Å². The number of aliphatic carboxylic acids is 1.